The Morgan fingerprint density at radius 2 is 1.67 bits per heavy atom. The first-order valence-corrected chi connectivity index (χ1v) is 6.34. The van der Waals surface area contributed by atoms with Crippen molar-refractivity contribution in [1.82, 2.24) is 0 Å². The summed E-state index contributed by atoms with van der Waals surface area (Å²) in [4.78, 5) is 0. The Balaban J connectivity index is 2.12. The highest BCUT2D eigenvalue weighted by Gasteiger charge is 2.03. The lowest BCUT2D eigenvalue weighted by Crippen LogP contribution is -1.91. The molecule has 0 spiro atoms. The fourth-order valence-electron chi connectivity index (χ4n) is 1.87. The first kappa shape index (κ1) is 10.7. The van der Waals surface area contributed by atoms with Crippen LogP contribution in [0.5, 0.6) is 0 Å². The van der Waals surface area contributed by atoms with Gasteiger partial charge in [-0.3, -0.25) is 0 Å². The third-order valence-electron chi connectivity index (χ3n) is 2.77. The molecule has 1 saturated carbocycles. The molecule has 1 aromatic carbocycles. The predicted octanol–water partition coefficient (Wildman–Crippen LogP) is 4.95. The number of hydrogen-bond donors (Lipinski definition) is 0. The Kier molecular flexibility index (Phi) is 3.82. The quantitative estimate of drug-likeness (QED) is 0.629. The smallest absolute Gasteiger partial charge is 0.0175 e. The van der Waals surface area contributed by atoms with Crippen molar-refractivity contribution in [3.05, 3.63) is 45.6 Å². The zero-order valence-electron chi connectivity index (χ0n) is 8.80. The Labute approximate surface area is 99.8 Å². The normalized spacial score (nSPS) is 15.9. The molecule has 1 aliphatic carbocycles. The second-order valence-electron chi connectivity index (χ2n) is 4.00. The molecular formula is C14H15Br. The molecule has 2 rings (SSSR count). The maximum atomic E-state index is 3.43. The fourth-order valence-corrected chi connectivity index (χ4v) is 2.13. The molecule has 1 aromatic rings. The number of hydrogen-bond acceptors (Lipinski definition) is 0. The minimum absolute atomic E-state index is 1.13. The van der Waals surface area contributed by atoms with E-state index in [-0.39, 0.29) is 0 Å². The van der Waals surface area contributed by atoms with Gasteiger partial charge in [-0.1, -0.05) is 34.5 Å². The maximum Gasteiger partial charge on any atom is 0.0175 e. The van der Waals surface area contributed by atoms with Crippen molar-refractivity contribution in [1.29, 1.82) is 0 Å². The van der Waals surface area contributed by atoms with Crippen LogP contribution in [0.15, 0.2) is 40.0 Å². The van der Waals surface area contributed by atoms with Crippen molar-refractivity contribution in [2.75, 3.05) is 0 Å². The summed E-state index contributed by atoms with van der Waals surface area (Å²) in [5, 5.41) is 0. The molecule has 78 valence electrons. The lowest BCUT2D eigenvalue weighted by molar-refractivity contribution is 0.600. The molecule has 0 atom stereocenters. The zero-order valence-corrected chi connectivity index (χ0v) is 10.4. The summed E-state index contributed by atoms with van der Waals surface area (Å²) in [6.45, 7) is 0. The number of halogens is 1. The molecule has 15 heavy (non-hydrogen) atoms. The van der Waals surface area contributed by atoms with Crippen LogP contribution < -0.4 is 0 Å². The van der Waals surface area contributed by atoms with Gasteiger partial charge in [0.05, 0.1) is 0 Å². The van der Waals surface area contributed by atoms with Gasteiger partial charge in [0, 0.05) is 4.47 Å². The second kappa shape index (κ2) is 5.34. The lowest BCUT2D eigenvalue weighted by Gasteiger charge is -2.10. The lowest BCUT2D eigenvalue weighted by atomic mass is 9.95. The van der Waals surface area contributed by atoms with Crippen LogP contribution in [-0.2, 0) is 0 Å². The number of benzene rings is 1. The summed E-state index contributed by atoms with van der Waals surface area (Å²) < 4.78 is 1.13. The van der Waals surface area contributed by atoms with Crippen molar-refractivity contribution in [3.8, 4) is 0 Å². The summed E-state index contributed by atoms with van der Waals surface area (Å²) in [7, 11) is 0. The Morgan fingerprint density at radius 3 is 2.33 bits per heavy atom. The van der Waals surface area contributed by atoms with E-state index in [4.69, 9.17) is 0 Å². The average Bonchev–Trinajstić information content (AvgIpc) is 2.30. The van der Waals surface area contributed by atoms with Gasteiger partial charge in [0.2, 0.25) is 0 Å². The summed E-state index contributed by atoms with van der Waals surface area (Å²) in [5.74, 6) is 0. The summed E-state index contributed by atoms with van der Waals surface area (Å²) in [6.07, 6.45) is 8.67. The highest BCUT2D eigenvalue weighted by Crippen LogP contribution is 2.22. The third kappa shape index (κ3) is 3.37. The Bertz CT molecular complexity index is 372. The van der Waals surface area contributed by atoms with Gasteiger partial charge >= 0.3 is 0 Å². The molecule has 0 heterocycles. The van der Waals surface area contributed by atoms with Crippen LogP contribution in [0, 0.1) is 0 Å². The van der Waals surface area contributed by atoms with Crippen LogP contribution in [0.2, 0.25) is 0 Å². The molecule has 0 saturated heterocycles. The van der Waals surface area contributed by atoms with Crippen molar-refractivity contribution < 1.29 is 0 Å². The number of rotatable bonds is 1. The molecule has 0 radical (unpaired) electrons. The molecule has 1 fully saturated rings. The highest BCUT2D eigenvalue weighted by molar-refractivity contribution is 9.10. The Morgan fingerprint density at radius 1 is 1.00 bits per heavy atom. The first-order valence-electron chi connectivity index (χ1n) is 5.54. The van der Waals surface area contributed by atoms with E-state index in [2.05, 4.69) is 52.0 Å². The largest absolute Gasteiger partial charge is 0.121 e. The summed E-state index contributed by atoms with van der Waals surface area (Å²) in [5.41, 5.74) is 6.16. The van der Waals surface area contributed by atoms with Gasteiger partial charge < -0.3 is 0 Å². The van der Waals surface area contributed by atoms with E-state index in [1.165, 1.54) is 43.2 Å². The van der Waals surface area contributed by atoms with Gasteiger partial charge in [-0.25, -0.2) is 0 Å². The van der Waals surface area contributed by atoms with Crippen LogP contribution in [0.25, 0.3) is 6.08 Å². The van der Waals surface area contributed by atoms with Crippen LogP contribution in [0.4, 0.5) is 0 Å². The summed E-state index contributed by atoms with van der Waals surface area (Å²) >= 11 is 3.43. The minimum Gasteiger partial charge on any atom is -0.121 e. The molecule has 0 N–H and O–H groups in total. The maximum absolute atomic E-state index is 3.43. The molecule has 0 amide bonds. The van der Waals surface area contributed by atoms with Crippen molar-refractivity contribution in [2.45, 2.75) is 32.1 Å². The van der Waals surface area contributed by atoms with Gasteiger partial charge in [-0.2, -0.15) is 0 Å². The van der Waals surface area contributed by atoms with E-state index in [0.717, 1.165) is 4.47 Å². The molecule has 0 nitrogen and oxygen atoms in total. The van der Waals surface area contributed by atoms with E-state index < -0.39 is 0 Å². The van der Waals surface area contributed by atoms with Crippen LogP contribution in [0.3, 0.4) is 0 Å². The highest BCUT2D eigenvalue weighted by atomic mass is 79.9. The SMILES string of the molecule is Brc1ccc(C=C=C2CCCCC2)cc1. The monoisotopic (exact) mass is 262 g/mol. The van der Waals surface area contributed by atoms with Crippen molar-refractivity contribution >= 4 is 22.0 Å². The van der Waals surface area contributed by atoms with E-state index in [1.807, 2.05) is 0 Å². The molecule has 1 heteroatoms. The fraction of sp³-hybridized carbons (Fsp3) is 0.357. The third-order valence-corrected chi connectivity index (χ3v) is 3.30. The van der Waals surface area contributed by atoms with E-state index in [1.54, 1.807) is 0 Å². The van der Waals surface area contributed by atoms with Gasteiger partial charge in [-0.05, 0) is 55.0 Å². The summed E-state index contributed by atoms with van der Waals surface area (Å²) in [6, 6.07) is 8.36. The average molecular weight is 263 g/mol. The van der Waals surface area contributed by atoms with Crippen molar-refractivity contribution in [3.63, 3.8) is 0 Å². The molecular weight excluding hydrogens is 248 g/mol. The predicted molar refractivity (Wildman–Crippen MR) is 68.7 cm³/mol. The van der Waals surface area contributed by atoms with E-state index in [0.29, 0.717) is 0 Å². The van der Waals surface area contributed by atoms with Crippen LogP contribution in [-0.4, -0.2) is 0 Å². The minimum atomic E-state index is 1.13. The number of allylic oxidation sites excluding steroid dienone is 1. The van der Waals surface area contributed by atoms with Crippen LogP contribution >= 0.6 is 15.9 Å². The van der Waals surface area contributed by atoms with Gasteiger partial charge in [0.1, 0.15) is 0 Å². The molecule has 0 unspecified atom stereocenters. The van der Waals surface area contributed by atoms with E-state index >= 15 is 0 Å². The van der Waals surface area contributed by atoms with Gasteiger partial charge in [0.15, 0.2) is 0 Å². The molecule has 0 aromatic heterocycles. The standard InChI is InChI=1S/C14H15Br/c15-14-10-8-13(9-11-14)7-6-12-4-2-1-3-5-12/h7-11H,1-5H2. The zero-order chi connectivity index (χ0) is 10.5. The molecule has 0 bridgehead atoms. The first-order chi connectivity index (χ1) is 7.34. The van der Waals surface area contributed by atoms with Gasteiger partial charge in [0.25, 0.3) is 0 Å². The second-order valence-corrected chi connectivity index (χ2v) is 4.92. The van der Waals surface area contributed by atoms with Crippen LogP contribution in [0.1, 0.15) is 37.7 Å². The van der Waals surface area contributed by atoms with Gasteiger partial charge in [-0.15, -0.1) is 5.73 Å². The van der Waals surface area contributed by atoms with Crippen molar-refractivity contribution in [2.24, 2.45) is 0 Å². The topological polar surface area (TPSA) is 0 Å². The Hall–Kier alpha value is -0.780. The molecule has 1 aliphatic rings. The van der Waals surface area contributed by atoms with E-state index in [9.17, 15) is 0 Å². The molecule has 0 aliphatic heterocycles.